The second kappa shape index (κ2) is 6.26. The fraction of sp³-hybridized carbons (Fsp3) is 0.400. The van der Waals surface area contributed by atoms with Crippen LogP contribution in [-0.2, 0) is 47.5 Å². The molecule has 0 amide bonds. The molecule has 0 radical (unpaired) electrons. The highest BCUT2D eigenvalue weighted by Crippen LogP contribution is 2.42. The average molecular weight is 416 g/mol. The first-order valence-corrected chi connectivity index (χ1v) is 11.1. The largest absolute Gasteiger partial charge is 0.458 e. The van der Waals surface area contributed by atoms with E-state index in [0.29, 0.717) is 23.4 Å². The normalized spacial score (nSPS) is 20.9. The summed E-state index contributed by atoms with van der Waals surface area (Å²) in [5.41, 5.74) is 6.38. The van der Waals surface area contributed by atoms with Gasteiger partial charge >= 0.3 is 5.97 Å². The maximum Gasteiger partial charge on any atom is 0.343 e. The van der Waals surface area contributed by atoms with Crippen LogP contribution in [0.1, 0.15) is 60.1 Å². The first-order valence-electron chi connectivity index (χ1n) is 11.1. The van der Waals surface area contributed by atoms with Gasteiger partial charge in [-0.05, 0) is 60.9 Å². The summed E-state index contributed by atoms with van der Waals surface area (Å²) < 4.78 is 6.90. The number of rotatable bonds is 2. The topological polar surface area (TPSA) is 81.4 Å². The van der Waals surface area contributed by atoms with Crippen molar-refractivity contribution < 1.29 is 14.6 Å². The van der Waals surface area contributed by atoms with Gasteiger partial charge in [-0.1, -0.05) is 19.9 Å². The van der Waals surface area contributed by atoms with E-state index in [4.69, 9.17) is 9.72 Å². The Morgan fingerprint density at radius 3 is 2.71 bits per heavy atom. The average Bonchev–Trinajstić information content (AvgIpc) is 3.16. The number of hydrogen-bond donors (Lipinski definition) is 1. The van der Waals surface area contributed by atoms with Gasteiger partial charge in [-0.15, -0.1) is 0 Å². The van der Waals surface area contributed by atoms with Crippen LogP contribution >= 0.6 is 0 Å². The molecule has 2 aliphatic heterocycles. The van der Waals surface area contributed by atoms with Crippen LogP contribution in [0, 0.1) is 0 Å². The lowest BCUT2D eigenvalue weighted by atomic mass is 9.84. The number of carbonyl (C=O) groups excluding carboxylic acids is 1. The minimum Gasteiger partial charge on any atom is -0.458 e. The Morgan fingerprint density at radius 2 is 1.94 bits per heavy atom. The number of fused-ring (bicyclic) bond motifs is 5. The van der Waals surface area contributed by atoms with Crippen LogP contribution in [0.4, 0.5) is 0 Å². The van der Waals surface area contributed by atoms with Gasteiger partial charge in [0.15, 0.2) is 5.60 Å². The summed E-state index contributed by atoms with van der Waals surface area (Å²) in [5.74, 6) is -0.691. The van der Waals surface area contributed by atoms with Gasteiger partial charge in [0.2, 0.25) is 0 Å². The summed E-state index contributed by atoms with van der Waals surface area (Å²) in [7, 11) is 0. The van der Waals surface area contributed by atoms with Crippen LogP contribution in [0.3, 0.4) is 0 Å². The molecule has 2 aromatic heterocycles. The molecule has 6 heteroatoms. The van der Waals surface area contributed by atoms with Crippen molar-refractivity contribution in [3.63, 3.8) is 0 Å². The molecular weight excluding hydrogens is 392 g/mol. The van der Waals surface area contributed by atoms with E-state index in [-0.39, 0.29) is 18.6 Å². The molecule has 1 atom stereocenters. The van der Waals surface area contributed by atoms with E-state index >= 15 is 0 Å². The monoisotopic (exact) mass is 416 g/mol. The zero-order valence-corrected chi connectivity index (χ0v) is 17.7. The Hall–Kier alpha value is -2.99. The lowest BCUT2D eigenvalue weighted by Gasteiger charge is -2.31. The fourth-order valence-corrected chi connectivity index (χ4v) is 5.72. The van der Waals surface area contributed by atoms with Gasteiger partial charge in [-0.25, -0.2) is 9.78 Å². The predicted octanol–water partition coefficient (Wildman–Crippen LogP) is 3.13. The molecule has 0 saturated carbocycles. The van der Waals surface area contributed by atoms with Crippen LogP contribution in [-0.4, -0.2) is 20.6 Å². The van der Waals surface area contributed by atoms with E-state index in [9.17, 15) is 14.7 Å². The second-order valence-electron chi connectivity index (χ2n) is 8.83. The maximum absolute atomic E-state index is 13.4. The van der Waals surface area contributed by atoms with Gasteiger partial charge in [0.1, 0.15) is 6.61 Å². The molecule has 0 bridgehead atoms. The molecule has 6 nitrogen and oxygen atoms in total. The summed E-state index contributed by atoms with van der Waals surface area (Å²) >= 11 is 0. The molecule has 1 N–H and O–H groups in total. The van der Waals surface area contributed by atoms with Gasteiger partial charge in [0, 0.05) is 16.5 Å². The third kappa shape index (κ3) is 2.28. The van der Waals surface area contributed by atoms with E-state index in [0.717, 1.165) is 42.5 Å². The maximum atomic E-state index is 13.4. The molecular formula is C25H24N2O4. The summed E-state index contributed by atoms with van der Waals surface area (Å²) in [6, 6.07) is 6.06. The summed E-state index contributed by atoms with van der Waals surface area (Å²) in [4.78, 5) is 30.7. The third-order valence-electron chi connectivity index (χ3n) is 7.41. The lowest BCUT2D eigenvalue weighted by Crippen LogP contribution is -2.44. The number of benzene rings is 1. The van der Waals surface area contributed by atoms with E-state index in [1.807, 2.05) is 0 Å². The van der Waals surface area contributed by atoms with Crippen LogP contribution in [0.15, 0.2) is 23.0 Å². The lowest BCUT2D eigenvalue weighted by molar-refractivity contribution is -0.172. The molecule has 4 heterocycles. The molecule has 6 rings (SSSR count). The quantitative estimate of drug-likeness (QED) is 0.508. The molecule has 0 fully saturated rings. The summed E-state index contributed by atoms with van der Waals surface area (Å²) in [5, 5.41) is 12.3. The van der Waals surface area contributed by atoms with Crippen molar-refractivity contribution >= 4 is 16.9 Å². The number of ether oxygens (including phenoxy) is 1. The summed E-state index contributed by atoms with van der Waals surface area (Å²) in [6.45, 7) is 4.28. The molecule has 1 aliphatic carbocycles. The third-order valence-corrected chi connectivity index (χ3v) is 7.41. The van der Waals surface area contributed by atoms with E-state index in [2.05, 4.69) is 19.1 Å². The first-order chi connectivity index (χ1) is 15.0. The molecule has 0 spiro atoms. The van der Waals surface area contributed by atoms with Crippen LogP contribution in [0.25, 0.3) is 22.3 Å². The molecule has 0 unspecified atom stereocenters. The number of esters is 1. The zero-order valence-electron chi connectivity index (χ0n) is 17.7. The minimum absolute atomic E-state index is 0.0990. The zero-order chi connectivity index (χ0) is 21.5. The van der Waals surface area contributed by atoms with Crippen molar-refractivity contribution in [2.24, 2.45) is 0 Å². The first kappa shape index (κ1) is 18.8. The second-order valence-corrected chi connectivity index (χ2v) is 8.83. The van der Waals surface area contributed by atoms with Crippen molar-refractivity contribution in [2.45, 2.75) is 64.7 Å². The van der Waals surface area contributed by atoms with E-state index < -0.39 is 11.6 Å². The number of aromatic nitrogens is 2. The minimum atomic E-state index is -1.79. The SMILES string of the molecule is CCc1ccc2nc3c(c4c2c1CCC4)Cn1c-3cc2c(c1=O)COC(=O)[C@]2(O)CC. The standard InChI is InChI=1S/C25H24N2O4/c1-3-13-8-9-19-21-14(13)6-5-7-15(21)16-11-27-20(22(16)26-19)10-18-17(23(27)28)12-31-24(29)25(18,30)4-2/h8-10,30H,3-7,11-12H2,1-2H3/t25-/m0/s1. The van der Waals surface area contributed by atoms with Crippen LogP contribution in [0.5, 0.6) is 0 Å². The molecule has 3 aliphatic rings. The Morgan fingerprint density at radius 1 is 1.13 bits per heavy atom. The number of aryl methyl sites for hydroxylation is 3. The van der Waals surface area contributed by atoms with Crippen LogP contribution in [0.2, 0.25) is 0 Å². The van der Waals surface area contributed by atoms with Gasteiger partial charge in [-0.3, -0.25) is 4.79 Å². The number of pyridine rings is 2. The van der Waals surface area contributed by atoms with Gasteiger partial charge in [0.25, 0.3) is 5.56 Å². The van der Waals surface area contributed by atoms with Gasteiger partial charge in [-0.2, -0.15) is 0 Å². The fourth-order valence-electron chi connectivity index (χ4n) is 5.72. The summed E-state index contributed by atoms with van der Waals surface area (Å²) in [6.07, 6.45) is 4.28. The van der Waals surface area contributed by atoms with E-state index in [1.165, 1.54) is 22.1 Å². The van der Waals surface area contributed by atoms with Gasteiger partial charge < -0.3 is 14.4 Å². The number of hydrogen-bond acceptors (Lipinski definition) is 5. The number of nitrogens with zero attached hydrogens (tertiary/aromatic N) is 2. The van der Waals surface area contributed by atoms with E-state index in [1.54, 1.807) is 17.6 Å². The predicted molar refractivity (Wildman–Crippen MR) is 116 cm³/mol. The smallest absolute Gasteiger partial charge is 0.343 e. The Balaban J connectivity index is 1.66. The number of aliphatic hydroxyl groups is 1. The van der Waals surface area contributed by atoms with Crippen molar-refractivity contribution in [3.05, 3.63) is 61.9 Å². The Kier molecular flexibility index (Phi) is 3.79. The highest BCUT2D eigenvalue weighted by Gasteiger charge is 2.45. The Bertz CT molecular complexity index is 1370. The highest BCUT2D eigenvalue weighted by molar-refractivity contribution is 5.92. The van der Waals surface area contributed by atoms with Crippen LogP contribution < -0.4 is 5.56 Å². The van der Waals surface area contributed by atoms with Crippen molar-refractivity contribution in [1.29, 1.82) is 0 Å². The number of carbonyl (C=O) groups is 1. The molecule has 3 aromatic rings. The van der Waals surface area contributed by atoms with Crippen molar-refractivity contribution in [1.82, 2.24) is 9.55 Å². The number of cyclic esters (lactones) is 1. The van der Waals surface area contributed by atoms with Crippen molar-refractivity contribution in [3.8, 4) is 11.4 Å². The van der Waals surface area contributed by atoms with Gasteiger partial charge in [0.05, 0.1) is 29.0 Å². The Labute approximate surface area is 179 Å². The van der Waals surface area contributed by atoms with Crippen molar-refractivity contribution in [2.75, 3.05) is 0 Å². The highest BCUT2D eigenvalue weighted by atomic mass is 16.6. The molecule has 31 heavy (non-hydrogen) atoms. The molecule has 0 saturated heterocycles. The molecule has 158 valence electrons. The molecule has 1 aromatic carbocycles.